The maximum absolute atomic E-state index is 13.3. The van der Waals surface area contributed by atoms with Crippen molar-refractivity contribution in [1.82, 2.24) is 4.98 Å². The van der Waals surface area contributed by atoms with Gasteiger partial charge in [-0.25, -0.2) is 9.37 Å². The number of anilines is 1. The second-order valence-corrected chi connectivity index (χ2v) is 6.99. The predicted molar refractivity (Wildman–Crippen MR) is 108 cm³/mol. The average Bonchev–Trinajstić information content (AvgIpc) is 3.06. The van der Waals surface area contributed by atoms with E-state index in [1.165, 1.54) is 18.2 Å². The summed E-state index contributed by atoms with van der Waals surface area (Å²) in [6.45, 7) is 4.02. The van der Waals surface area contributed by atoms with Crippen LogP contribution in [-0.4, -0.2) is 10.9 Å². The third kappa shape index (κ3) is 3.49. The number of hydrogen-bond donors (Lipinski definition) is 1. The zero-order valence-electron chi connectivity index (χ0n) is 15.2. The fraction of sp³-hybridized carbons (Fsp3) is 0.0909. The van der Waals surface area contributed by atoms with Gasteiger partial charge in [0.1, 0.15) is 11.3 Å². The zero-order chi connectivity index (χ0) is 19.8. The van der Waals surface area contributed by atoms with Gasteiger partial charge in [0.2, 0.25) is 5.89 Å². The predicted octanol–water partition coefficient (Wildman–Crippen LogP) is 6.16. The van der Waals surface area contributed by atoms with Crippen LogP contribution in [0.1, 0.15) is 21.5 Å². The van der Waals surface area contributed by atoms with Crippen LogP contribution >= 0.6 is 11.6 Å². The highest BCUT2D eigenvalue weighted by molar-refractivity contribution is 6.33. The van der Waals surface area contributed by atoms with Crippen LogP contribution < -0.4 is 5.32 Å². The lowest BCUT2D eigenvalue weighted by atomic mass is 10.1. The summed E-state index contributed by atoms with van der Waals surface area (Å²) >= 11 is 6.33. The standard InChI is InChI=1S/C22H16ClFN2O2/c1-12-8-19-20(9-13(12)2)28-22(26-19)17-11-16(6-7-18(17)23)25-21(27)14-4-3-5-15(24)10-14/h3-11H,1-2H3,(H,25,27). The SMILES string of the molecule is Cc1cc2nc(-c3cc(NC(=O)c4cccc(F)c4)ccc3Cl)oc2cc1C. The molecule has 6 heteroatoms. The zero-order valence-corrected chi connectivity index (χ0v) is 16.0. The van der Waals surface area contributed by atoms with E-state index in [0.29, 0.717) is 27.7 Å². The van der Waals surface area contributed by atoms with Crippen LogP contribution in [0.3, 0.4) is 0 Å². The summed E-state index contributed by atoms with van der Waals surface area (Å²) in [5.74, 6) is -0.523. The van der Waals surface area contributed by atoms with E-state index in [1.54, 1.807) is 24.3 Å². The first-order valence-electron chi connectivity index (χ1n) is 8.65. The number of benzene rings is 3. The number of amides is 1. The number of rotatable bonds is 3. The minimum atomic E-state index is -0.471. The average molecular weight is 395 g/mol. The third-order valence-corrected chi connectivity index (χ3v) is 4.87. The normalized spacial score (nSPS) is 11.0. The molecular weight excluding hydrogens is 379 g/mol. The molecule has 4 rings (SSSR count). The molecule has 0 spiro atoms. The lowest BCUT2D eigenvalue weighted by molar-refractivity contribution is 0.102. The fourth-order valence-corrected chi connectivity index (χ4v) is 3.09. The Morgan fingerprint density at radius 1 is 1.07 bits per heavy atom. The molecule has 3 aromatic carbocycles. The first-order chi connectivity index (χ1) is 13.4. The van der Waals surface area contributed by atoms with Gasteiger partial charge >= 0.3 is 0 Å². The molecule has 0 aliphatic rings. The van der Waals surface area contributed by atoms with Crippen molar-refractivity contribution in [2.24, 2.45) is 0 Å². The Kier molecular flexibility index (Phi) is 4.61. The summed E-state index contributed by atoms with van der Waals surface area (Å²) < 4.78 is 19.2. The quantitative estimate of drug-likeness (QED) is 0.453. The van der Waals surface area contributed by atoms with Crippen molar-refractivity contribution in [1.29, 1.82) is 0 Å². The van der Waals surface area contributed by atoms with Crippen LogP contribution in [0.5, 0.6) is 0 Å². The lowest BCUT2D eigenvalue weighted by Gasteiger charge is -2.08. The van der Waals surface area contributed by atoms with E-state index in [1.807, 2.05) is 26.0 Å². The first-order valence-corrected chi connectivity index (χ1v) is 9.03. The van der Waals surface area contributed by atoms with E-state index in [2.05, 4.69) is 10.3 Å². The molecule has 28 heavy (non-hydrogen) atoms. The van der Waals surface area contributed by atoms with Gasteiger partial charge in [0.15, 0.2) is 5.58 Å². The molecule has 0 saturated carbocycles. The van der Waals surface area contributed by atoms with Gasteiger partial charge in [0, 0.05) is 11.3 Å². The van der Waals surface area contributed by atoms with Crippen LogP contribution in [0.4, 0.5) is 10.1 Å². The molecule has 0 unspecified atom stereocenters. The maximum Gasteiger partial charge on any atom is 0.255 e. The van der Waals surface area contributed by atoms with Crippen LogP contribution in [0.2, 0.25) is 5.02 Å². The van der Waals surface area contributed by atoms with Crippen LogP contribution in [0, 0.1) is 19.7 Å². The molecule has 0 saturated heterocycles. The topological polar surface area (TPSA) is 55.1 Å². The highest BCUT2D eigenvalue weighted by Crippen LogP contribution is 2.33. The van der Waals surface area contributed by atoms with Crippen LogP contribution in [0.15, 0.2) is 59.0 Å². The van der Waals surface area contributed by atoms with E-state index in [4.69, 9.17) is 16.0 Å². The Balaban J connectivity index is 1.68. The lowest BCUT2D eigenvalue weighted by Crippen LogP contribution is -2.12. The summed E-state index contributed by atoms with van der Waals surface area (Å²) in [4.78, 5) is 16.9. The summed E-state index contributed by atoms with van der Waals surface area (Å²) in [5, 5.41) is 3.19. The van der Waals surface area contributed by atoms with E-state index in [-0.39, 0.29) is 5.56 Å². The van der Waals surface area contributed by atoms with E-state index < -0.39 is 11.7 Å². The van der Waals surface area contributed by atoms with Gasteiger partial charge in [-0.2, -0.15) is 0 Å². The number of aromatic nitrogens is 1. The van der Waals surface area contributed by atoms with Crippen molar-refractivity contribution < 1.29 is 13.6 Å². The molecule has 1 aromatic heterocycles. The molecule has 0 radical (unpaired) electrons. The van der Waals surface area contributed by atoms with Gasteiger partial charge in [-0.05, 0) is 73.5 Å². The van der Waals surface area contributed by atoms with Gasteiger partial charge in [0.05, 0.1) is 10.6 Å². The molecule has 4 aromatic rings. The highest BCUT2D eigenvalue weighted by Gasteiger charge is 2.15. The third-order valence-electron chi connectivity index (χ3n) is 4.55. The number of carbonyl (C=O) groups excluding carboxylic acids is 1. The Bertz CT molecular complexity index is 1180. The molecule has 4 nitrogen and oxygen atoms in total. The second kappa shape index (κ2) is 7.09. The molecule has 0 aliphatic heterocycles. The molecule has 140 valence electrons. The van der Waals surface area contributed by atoms with Crippen molar-refractivity contribution in [3.05, 3.63) is 82.1 Å². The molecule has 0 fully saturated rings. The summed E-state index contributed by atoms with van der Waals surface area (Å²) in [5.41, 5.74) is 4.93. The van der Waals surface area contributed by atoms with Gasteiger partial charge < -0.3 is 9.73 Å². The highest BCUT2D eigenvalue weighted by atomic mass is 35.5. The molecular formula is C22H16ClFN2O2. The van der Waals surface area contributed by atoms with Gasteiger partial charge in [-0.15, -0.1) is 0 Å². The molecule has 0 bridgehead atoms. The van der Waals surface area contributed by atoms with Gasteiger partial charge in [-0.3, -0.25) is 4.79 Å². The van der Waals surface area contributed by atoms with Crippen molar-refractivity contribution in [2.45, 2.75) is 13.8 Å². The summed E-state index contributed by atoms with van der Waals surface area (Å²) in [6, 6.07) is 14.4. The Hall–Kier alpha value is -3.18. The number of fused-ring (bicyclic) bond motifs is 1. The van der Waals surface area contributed by atoms with Crippen molar-refractivity contribution in [3.63, 3.8) is 0 Å². The monoisotopic (exact) mass is 394 g/mol. The van der Waals surface area contributed by atoms with Crippen molar-refractivity contribution >= 4 is 34.3 Å². The van der Waals surface area contributed by atoms with E-state index in [9.17, 15) is 9.18 Å². The smallest absolute Gasteiger partial charge is 0.255 e. The number of oxazole rings is 1. The van der Waals surface area contributed by atoms with Gasteiger partial charge in [-0.1, -0.05) is 17.7 Å². The number of hydrogen-bond acceptors (Lipinski definition) is 3. The van der Waals surface area contributed by atoms with Crippen molar-refractivity contribution in [3.8, 4) is 11.5 Å². The van der Waals surface area contributed by atoms with Crippen LogP contribution in [0.25, 0.3) is 22.6 Å². The number of carbonyl (C=O) groups is 1. The maximum atomic E-state index is 13.3. The molecule has 1 N–H and O–H groups in total. The summed E-state index contributed by atoms with van der Waals surface area (Å²) in [6.07, 6.45) is 0. The molecule has 1 heterocycles. The molecule has 0 aliphatic carbocycles. The largest absolute Gasteiger partial charge is 0.436 e. The van der Waals surface area contributed by atoms with E-state index >= 15 is 0 Å². The Morgan fingerprint density at radius 2 is 1.86 bits per heavy atom. The Morgan fingerprint density at radius 3 is 2.64 bits per heavy atom. The van der Waals surface area contributed by atoms with Crippen molar-refractivity contribution in [2.75, 3.05) is 5.32 Å². The van der Waals surface area contributed by atoms with E-state index in [0.717, 1.165) is 16.6 Å². The number of aryl methyl sites for hydroxylation is 2. The molecule has 0 atom stereocenters. The Labute approximate surface area is 166 Å². The summed E-state index contributed by atoms with van der Waals surface area (Å²) in [7, 11) is 0. The number of nitrogens with zero attached hydrogens (tertiary/aromatic N) is 1. The minimum Gasteiger partial charge on any atom is -0.436 e. The first kappa shape index (κ1) is 18.2. The number of halogens is 2. The molecule has 1 amide bonds. The fourth-order valence-electron chi connectivity index (χ4n) is 2.90. The second-order valence-electron chi connectivity index (χ2n) is 6.58. The van der Waals surface area contributed by atoms with Crippen LogP contribution in [-0.2, 0) is 0 Å². The number of nitrogens with one attached hydrogen (secondary N) is 1. The minimum absolute atomic E-state index is 0.226. The van der Waals surface area contributed by atoms with Gasteiger partial charge in [0.25, 0.3) is 5.91 Å².